The average molecular weight is 231 g/mol. The number of rotatable bonds is 4. The van der Waals surface area contributed by atoms with Crippen molar-refractivity contribution in [3.63, 3.8) is 0 Å². The first-order valence-electron chi connectivity index (χ1n) is 5.26. The van der Waals surface area contributed by atoms with Crippen molar-refractivity contribution < 1.29 is 13.2 Å². The average Bonchev–Trinajstić information content (AvgIpc) is 2.16. The fourth-order valence-corrected chi connectivity index (χ4v) is 1.61. The Morgan fingerprint density at radius 2 is 1.88 bits per heavy atom. The maximum absolute atomic E-state index is 11.9. The summed E-state index contributed by atoms with van der Waals surface area (Å²) >= 11 is 0. The van der Waals surface area contributed by atoms with Crippen molar-refractivity contribution in [1.29, 1.82) is 0 Å². The highest BCUT2D eigenvalue weighted by Gasteiger charge is 2.26. The summed E-state index contributed by atoms with van der Waals surface area (Å²) in [5.41, 5.74) is 2.14. The molecule has 1 rings (SSSR count). The van der Waals surface area contributed by atoms with Gasteiger partial charge in [-0.25, -0.2) is 0 Å². The van der Waals surface area contributed by atoms with Gasteiger partial charge in [0.15, 0.2) is 0 Å². The van der Waals surface area contributed by atoms with E-state index in [1.807, 2.05) is 38.1 Å². The quantitative estimate of drug-likeness (QED) is 0.834. The van der Waals surface area contributed by atoms with Crippen molar-refractivity contribution >= 4 is 0 Å². The van der Waals surface area contributed by atoms with E-state index in [9.17, 15) is 13.2 Å². The molecule has 0 saturated carbocycles. The van der Waals surface area contributed by atoms with Gasteiger partial charge in [-0.1, -0.05) is 24.3 Å². The van der Waals surface area contributed by atoms with Gasteiger partial charge >= 0.3 is 6.18 Å². The Bertz CT molecular complexity index is 333. The number of nitrogens with one attached hydrogen (secondary N) is 1. The minimum absolute atomic E-state index is 0.0427. The fourth-order valence-electron chi connectivity index (χ4n) is 1.61. The van der Waals surface area contributed by atoms with Gasteiger partial charge in [-0.05, 0) is 25.0 Å². The van der Waals surface area contributed by atoms with Crippen LogP contribution in [-0.2, 0) is 0 Å². The number of aryl methyl sites for hydroxylation is 1. The predicted octanol–water partition coefficient (Wildman–Crippen LogP) is 3.60. The lowest BCUT2D eigenvalue weighted by Crippen LogP contribution is -2.24. The molecule has 1 aromatic rings. The van der Waals surface area contributed by atoms with Gasteiger partial charge in [-0.3, -0.25) is 0 Å². The molecule has 0 aliphatic carbocycles. The molecule has 1 atom stereocenters. The highest BCUT2D eigenvalue weighted by molar-refractivity contribution is 5.28. The second-order valence-corrected chi connectivity index (χ2v) is 3.90. The molecule has 0 saturated heterocycles. The van der Waals surface area contributed by atoms with Gasteiger partial charge in [-0.2, -0.15) is 13.2 Å². The second kappa shape index (κ2) is 5.34. The topological polar surface area (TPSA) is 12.0 Å². The molecule has 1 nitrogen and oxygen atoms in total. The standard InChI is InChI=1S/C12H16F3N/c1-9-5-3-4-6-11(9)10(2)16-8-7-12(13,14)15/h3-6,10,16H,7-8H2,1-2H3. The van der Waals surface area contributed by atoms with Crippen LogP contribution < -0.4 is 5.32 Å². The molecular formula is C12H16F3N. The van der Waals surface area contributed by atoms with E-state index in [1.165, 1.54) is 0 Å². The van der Waals surface area contributed by atoms with Gasteiger partial charge in [0.2, 0.25) is 0 Å². The van der Waals surface area contributed by atoms with Gasteiger partial charge < -0.3 is 5.32 Å². The zero-order valence-corrected chi connectivity index (χ0v) is 9.43. The summed E-state index contributed by atoms with van der Waals surface area (Å²) in [4.78, 5) is 0. The molecule has 0 amide bonds. The maximum atomic E-state index is 11.9. The summed E-state index contributed by atoms with van der Waals surface area (Å²) in [7, 11) is 0. The van der Waals surface area contributed by atoms with E-state index >= 15 is 0 Å². The Kier molecular flexibility index (Phi) is 4.35. The molecule has 1 N–H and O–H groups in total. The molecule has 0 bridgehead atoms. The van der Waals surface area contributed by atoms with Crippen LogP contribution in [-0.4, -0.2) is 12.7 Å². The lowest BCUT2D eigenvalue weighted by Gasteiger charge is -2.17. The van der Waals surface area contributed by atoms with Crippen molar-refractivity contribution in [2.24, 2.45) is 0 Å². The Morgan fingerprint density at radius 3 is 2.44 bits per heavy atom. The van der Waals surface area contributed by atoms with Crippen LogP contribution in [0.25, 0.3) is 0 Å². The molecule has 16 heavy (non-hydrogen) atoms. The zero-order chi connectivity index (χ0) is 12.2. The summed E-state index contributed by atoms with van der Waals surface area (Å²) in [5, 5.41) is 2.88. The molecule has 90 valence electrons. The smallest absolute Gasteiger partial charge is 0.310 e. The third-order valence-electron chi connectivity index (χ3n) is 2.51. The molecule has 0 aromatic heterocycles. The highest BCUT2D eigenvalue weighted by atomic mass is 19.4. The van der Waals surface area contributed by atoms with Crippen LogP contribution in [0.15, 0.2) is 24.3 Å². The van der Waals surface area contributed by atoms with E-state index in [1.54, 1.807) is 0 Å². The van der Waals surface area contributed by atoms with Crippen LogP contribution in [0.1, 0.15) is 30.5 Å². The van der Waals surface area contributed by atoms with Gasteiger partial charge in [0, 0.05) is 12.6 Å². The first kappa shape index (κ1) is 13.0. The molecule has 0 fully saturated rings. The molecule has 1 aromatic carbocycles. The molecule has 4 heteroatoms. The number of hydrogen-bond acceptors (Lipinski definition) is 1. The molecule has 0 radical (unpaired) electrons. The van der Waals surface area contributed by atoms with E-state index < -0.39 is 12.6 Å². The predicted molar refractivity (Wildman–Crippen MR) is 58.3 cm³/mol. The molecule has 0 spiro atoms. The third kappa shape index (κ3) is 4.23. The highest BCUT2D eigenvalue weighted by Crippen LogP contribution is 2.20. The van der Waals surface area contributed by atoms with Gasteiger partial charge in [0.05, 0.1) is 6.42 Å². The maximum Gasteiger partial charge on any atom is 0.390 e. The minimum atomic E-state index is -4.08. The first-order chi connectivity index (χ1) is 7.40. The number of alkyl halides is 3. The van der Waals surface area contributed by atoms with E-state index in [-0.39, 0.29) is 12.6 Å². The second-order valence-electron chi connectivity index (χ2n) is 3.90. The van der Waals surface area contributed by atoms with Crippen LogP contribution in [0.5, 0.6) is 0 Å². The molecule has 0 aliphatic rings. The SMILES string of the molecule is Cc1ccccc1C(C)NCCC(F)(F)F. The molecule has 0 heterocycles. The van der Waals surface area contributed by atoms with Crippen molar-refractivity contribution in [2.45, 2.75) is 32.5 Å². The Hall–Kier alpha value is -1.03. The van der Waals surface area contributed by atoms with E-state index in [0.717, 1.165) is 11.1 Å². The summed E-state index contributed by atoms with van der Waals surface area (Å²) in [6, 6.07) is 7.65. The molecule has 1 unspecified atom stereocenters. The van der Waals surface area contributed by atoms with E-state index in [0.29, 0.717) is 0 Å². The summed E-state index contributed by atoms with van der Waals surface area (Å²) in [5.74, 6) is 0. The third-order valence-corrected chi connectivity index (χ3v) is 2.51. The van der Waals surface area contributed by atoms with Crippen LogP contribution in [0.2, 0.25) is 0 Å². The Morgan fingerprint density at radius 1 is 1.25 bits per heavy atom. The summed E-state index contributed by atoms with van der Waals surface area (Å²) in [6.07, 6.45) is -4.87. The van der Waals surface area contributed by atoms with Crippen molar-refractivity contribution in [3.05, 3.63) is 35.4 Å². The van der Waals surface area contributed by atoms with Crippen molar-refractivity contribution in [3.8, 4) is 0 Å². The summed E-state index contributed by atoms with van der Waals surface area (Å²) < 4.78 is 35.8. The van der Waals surface area contributed by atoms with E-state index in [4.69, 9.17) is 0 Å². The number of halogens is 3. The molecule has 0 aliphatic heterocycles. The zero-order valence-electron chi connectivity index (χ0n) is 9.43. The molecular weight excluding hydrogens is 215 g/mol. The van der Waals surface area contributed by atoms with E-state index in [2.05, 4.69) is 5.32 Å². The van der Waals surface area contributed by atoms with Crippen LogP contribution in [0.4, 0.5) is 13.2 Å². The van der Waals surface area contributed by atoms with Crippen LogP contribution in [0, 0.1) is 6.92 Å². The lowest BCUT2D eigenvalue weighted by molar-refractivity contribution is -0.133. The largest absolute Gasteiger partial charge is 0.390 e. The van der Waals surface area contributed by atoms with Gasteiger partial charge in [-0.15, -0.1) is 0 Å². The van der Waals surface area contributed by atoms with Crippen LogP contribution in [0.3, 0.4) is 0 Å². The minimum Gasteiger partial charge on any atom is -0.310 e. The van der Waals surface area contributed by atoms with Crippen molar-refractivity contribution in [1.82, 2.24) is 5.32 Å². The number of hydrogen-bond donors (Lipinski definition) is 1. The summed E-state index contributed by atoms with van der Waals surface area (Å²) in [6.45, 7) is 3.79. The number of benzene rings is 1. The Labute approximate surface area is 93.7 Å². The van der Waals surface area contributed by atoms with Gasteiger partial charge in [0.1, 0.15) is 0 Å². The lowest BCUT2D eigenvalue weighted by atomic mass is 10.0. The van der Waals surface area contributed by atoms with Crippen LogP contribution >= 0.6 is 0 Å². The first-order valence-corrected chi connectivity index (χ1v) is 5.26. The monoisotopic (exact) mass is 231 g/mol. The van der Waals surface area contributed by atoms with Crippen molar-refractivity contribution in [2.75, 3.05) is 6.54 Å². The fraction of sp³-hybridized carbons (Fsp3) is 0.500. The normalized spacial score (nSPS) is 13.8. The Balaban J connectivity index is 2.47. The van der Waals surface area contributed by atoms with Gasteiger partial charge in [0.25, 0.3) is 0 Å².